The number of carbonyl (C=O) groups excluding carboxylic acids is 1. The van der Waals surface area contributed by atoms with Crippen molar-refractivity contribution in [2.24, 2.45) is 5.92 Å². The molecule has 1 amide bonds. The fourth-order valence-electron chi connectivity index (χ4n) is 3.55. The van der Waals surface area contributed by atoms with Gasteiger partial charge < -0.3 is 19.9 Å². The van der Waals surface area contributed by atoms with E-state index in [-0.39, 0.29) is 18.4 Å². The third kappa shape index (κ3) is 5.75. The van der Waals surface area contributed by atoms with E-state index in [0.717, 1.165) is 22.3 Å². The zero-order valence-electron chi connectivity index (χ0n) is 17.4. The van der Waals surface area contributed by atoms with Crippen LogP contribution in [0.3, 0.4) is 0 Å². The lowest BCUT2D eigenvalue weighted by Gasteiger charge is -2.29. The summed E-state index contributed by atoms with van der Waals surface area (Å²) in [6.07, 6.45) is 9.75. The molecule has 1 aliphatic carbocycles. The van der Waals surface area contributed by atoms with E-state index in [0.29, 0.717) is 31.2 Å². The van der Waals surface area contributed by atoms with Crippen LogP contribution < -0.4 is 5.32 Å². The van der Waals surface area contributed by atoms with Gasteiger partial charge >= 0.3 is 0 Å². The molecule has 2 aromatic rings. The molecule has 1 fully saturated rings. The number of nitrogens with one attached hydrogen (secondary N) is 1. The lowest BCUT2D eigenvalue weighted by Crippen LogP contribution is -2.33. The third-order valence-electron chi connectivity index (χ3n) is 5.68. The van der Waals surface area contributed by atoms with Gasteiger partial charge in [0.25, 0.3) is 5.91 Å². The van der Waals surface area contributed by atoms with Crippen molar-refractivity contribution < 1.29 is 19.4 Å². The number of hydrogen-bond donors (Lipinski definition) is 2. The number of amides is 1. The Hall–Kier alpha value is -3.07. The van der Waals surface area contributed by atoms with Crippen molar-refractivity contribution in [1.29, 1.82) is 0 Å². The molecule has 1 aliphatic heterocycles. The number of ether oxygens (including phenoxy) is 2. The summed E-state index contributed by atoms with van der Waals surface area (Å²) in [5.41, 5.74) is 3.72. The molecule has 1 saturated carbocycles. The van der Waals surface area contributed by atoms with Gasteiger partial charge in [0, 0.05) is 24.4 Å². The van der Waals surface area contributed by atoms with E-state index >= 15 is 0 Å². The molecule has 0 saturated heterocycles. The van der Waals surface area contributed by atoms with Gasteiger partial charge in [-0.15, -0.1) is 6.42 Å². The van der Waals surface area contributed by atoms with Crippen molar-refractivity contribution in [3.63, 3.8) is 0 Å². The highest BCUT2D eigenvalue weighted by atomic mass is 16.7. The van der Waals surface area contributed by atoms with Gasteiger partial charge in [0.1, 0.15) is 0 Å². The number of benzene rings is 2. The molecular formula is C26H27NO4. The first kappa shape index (κ1) is 21.2. The van der Waals surface area contributed by atoms with Gasteiger partial charge in [0.05, 0.1) is 13.2 Å². The molecule has 5 nitrogen and oxygen atoms in total. The minimum atomic E-state index is -0.540. The Labute approximate surface area is 183 Å². The second kappa shape index (κ2) is 9.82. The van der Waals surface area contributed by atoms with E-state index in [1.54, 1.807) is 0 Å². The van der Waals surface area contributed by atoms with Crippen LogP contribution in [0.25, 0.3) is 0 Å². The zero-order valence-corrected chi connectivity index (χ0v) is 17.4. The summed E-state index contributed by atoms with van der Waals surface area (Å²) >= 11 is 0. The van der Waals surface area contributed by atoms with Gasteiger partial charge in [-0.05, 0) is 53.7 Å². The van der Waals surface area contributed by atoms with Crippen molar-refractivity contribution in [3.8, 4) is 12.3 Å². The SMILES string of the molecule is C#Cc1ccc([C@@H]2C=C(C(=O)NCC3CC3)O[C@H](OCc3ccc(CO)cc3)C2)cc1. The molecule has 5 heteroatoms. The quantitative estimate of drug-likeness (QED) is 0.644. The first-order valence-corrected chi connectivity index (χ1v) is 10.7. The number of aliphatic hydroxyl groups excluding tert-OH is 1. The fourth-order valence-corrected chi connectivity index (χ4v) is 3.55. The zero-order chi connectivity index (χ0) is 21.6. The fraction of sp³-hybridized carbons (Fsp3) is 0.346. The van der Waals surface area contributed by atoms with Crippen LogP contribution in [-0.4, -0.2) is 23.8 Å². The Morgan fingerprint density at radius 3 is 2.48 bits per heavy atom. The minimum Gasteiger partial charge on any atom is -0.459 e. The molecule has 0 aromatic heterocycles. The van der Waals surface area contributed by atoms with Gasteiger partial charge in [0.15, 0.2) is 5.76 Å². The molecule has 0 bridgehead atoms. The number of terminal acetylenes is 1. The normalized spacial score (nSPS) is 20.3. The summed E-state index contributed by atoms with van der Waals surface area (Å²) in [4.78, 5) is 12.7. The van der Waals surface area contributed by atoms with Crippen LogP contribution in [0.4, 0.5) is 0 Å². The smallest absolute Gasteiger partial charge is 0.286 e. The Morgan fingerprint density at radius 2 is 1.84 bits per heavy atom. The molecule has 0 unspecified atom stereocenters. The van der Waals surface area contributed by atoms with E-state index in [1.807, 2.05) is 54.6 Å². The van der Waals surface area contributed by atoms with E-state index in [4.69, 9.17) is 15.9 Å². The van der Waals surface area contributed by atoms with Crippen LogP contribution >= 0.6 is 0 Å². The highest BCUT2D eigenvalue weighted by Crippen LogP contribution is 2.32. The second-order valence-electron chi connectivity index (χ2n) is 8.13. The Morgan fingerprint density at radius 1 is 1.13 bits per heavy atom. The van der Waals surface area contributed by atoms with E-state index in [9.17, 15) is 9.90 Å². The number of aliphatic hydroxyl groups is 1. The predicted molar refractivity (Wildman–Crippen MR) is 118 cm³/mol. The molecule has 2 N–H and O–H groups in total. The first-order valence-electron chi connectivity index (χ1n) is 10.7. The largest absolute Gasteiger partial charge is 0.459 e. The summed E-state index contributed by atoms with van der Waals surface area (Å²) in [6, 6.07) is 15.4. The number of hydrogen-bond acceptors (Lipinski definition) is 4. The molecule has 1 heterocycles. The number of allylic oxidation sites excluding steroid dienone is 1. The van der Waals surface area contributed by atoms with Crippen LogP contribution in [0, 0.1) is 18.3 Å². The average molecular weight is 418 g/mol. The van der Waals surface area contributed by atoms with E-state index in [2.05, 4.69) is 11.2 Å². The van der Waals surface area contributed by atoms with Gasteiger partial charge in [-0.25, -0.2) is 0 Å². The van der Waals surface area contributed by atoms with Crippen molar-refractivity contribution >= 4 is 5.91 Å². The summed E-state index contributed by atoms with van der Waals surface area (Å²) in [5.74, 6) is 3.32. The molecular weight excluding hydrogens is 390 g/mol. The van der Waals surface area contributed by atoms with Gasteiger partial charge in [0.2, 0.25) is 6.29 Å². The maximum absolute atomic E-state index is 12.7. The molecule has 2 aliphatic rings. The van der Waals surface area contributed by atoms with Gasteiger partial charge in [-0.3, -0.25) is 4.79 Å². The molecule has 0 spiro atoms. The van der Waals surface area contributed by atoms with Crippen molar-refractivity contribution in [2.45, 2.75) is 44.7 Å². The minimum absolute atomic E-state index is 0.0102. The maximum atomic E-state index is 12.7. The summed E-state index contributed by atoms with van der Waals surface area (Å²) in [6.45, 7) is 1.05. The molecule has 2 atom stereocenters. The maximum Gasteiger partial charge on any atom is 0.286 e. The number of carbonyl (C=O) groups is 1. The Balaban J connectivity index is 1.46. The van der Waals surface area contributed by atoms with Gasteiger partial charge in [-0.2, -0.15) is 0 Å². The van der Waals surface area contributed by atoms with E-state index < -0.39 is 6.29 Å². The lowest BCUT2D eigenvalue weighted by atomic mass is 9.92. The Bertz CT molecular complexity index is 968. The first-order chi connectivity index (χ1) is 15.1. The van der Waals surface area contributed by atoms with Crippen LogP contribution in [0.15, 0.2) is 60.4 Å². The van der Waals surface area contributed by atoms with Crippen LogP contribution in [0.1, 0.15) is 47.4 Å². The number of rotatable bonds is 8. The molecule has 31 heavy (non-hydrogen) atoms. The molecule has 160 valence electrons. The monoisotopic (exact) mass is 417 g/mol. The van der Waals surface area contributed by atoms with Gasteiger partial charge in [-0.1, -0.05) is 42.3 Å². The van der Waals surface area contributed by atoms with Crippen molar-refractivity contribution in [3.05, 3.63) is 82.6 Å². The van der Waals surface area contributed by atoms with Crippen LogP contribution in [0.5, 0.6) is 0 Å². The molecule has 2 aromatic carbocycles. The van der Waals surface area contributed by atoms with Crippen LogP contribution in [0.2, 0.25) is 0 Å². The Kier molecular flexibility index (Phi) is 6.71. The molecule has 4 rings (SSSR count). The predicted octanol–water partition coefficient (Wildman–Crippen LogP) is 3.62. The summed E-state index contributed by atoms with van der Waals surface area (Å²) in [7, 11) is 0. The van der Waals surface area contributed by atoms with Crippen molar-refractivity contribution in [2.75, 3.05) is 6.54 Å². The summed E-state index contributed by atoms with van der Waals surface area (Å²) < 4.78 is 11.9. The molecule has 0 radical (unpaired) electrons. The van der Waals surface area contributed by atoms with E-state index in [1.165, 1.54) is 12.8 Å². The topological polar surface area (TPSA) is 67.8 Å². The third-order valence-corrected chi connectivity index (χ3v) is 5.68. The standard InChI is InChI=1S/C26H27NO4/c1-2-18-9-11-22(12-10-18)23-13-24(26(29)27-15-19-3-4-19)31-25(14-23)30-17-21-7-5-20(16-28)6-8-21/h1,5-13,19,23,25,28H,3-4,14-17H2,(H,27,29)/t23-,25+/m1/s1. The summed E-state index contributed by atoms with van der Waals surface area (Å²) in [5, 5.41) is 12.2. The lowest BCUT2D eigenvalue weighted by molar-refractivity contribution is -0.150. The second-order valence-corrected chi connectivity index (χ2v) is 8.13. The highest BCUT2D eigenvalue weighted by molar-refractivity contribution is 5.91. The van der Waals surface area contributed by atoms with Crippen molar-refractivity contribution in [1.82, 2.24) is 5.32 Å². The average Bonchev–Trinajstić information content (AvgIpc) is 3.66. The van der Waals surface area contributed by atoms with Crippen LogP contribution in [-0.2, 0) is 27.5 Å². The highest BCUT2D eigenvalue weighted by Gasteiger charge is 2.30.